The lowest BCUT2D eigenvalue weighted by atomic mass is 10.0. The van der Waals surface area contributed by atoms with Gasteiger partial charge >= 0.3 is 0 Å². The second-order valence-corrected chi connectivity index (χ2v) is 10.3. The van der Waals surface area contributed by atoms with Crippen LogP contribution < -0.4 is 15.1 Å². The van der Waals surface area contributed by atoms with Crippen LogP contribution in [0.25, 0.3) is 0 Å². The first kappa shape index (κ1) is 27.0. The Kier molecular flexibility index (Phi) is 8.63. The SMILES string of the molecule is Cc1c(Cc2ccccc2)nnc(N2CCN(c3cnc(C(=O)NCCN4CCOCC4)cn3)[C@H](C)C2)c1C. The van der Waals surface area contributed by atoms with Crippen LogP contribution in [-0.2, 0) is 11.2 Å². The molecule has 1 N–H and O–H groups in total. The lowest BCUT2D eigenvalue weighted by molar-refractivity contribution is 0.0383. The highest BCUT2D eigenvalue weighted by molar-refractivity contribution is 5.92. The number of piperazine rings is 1. The average Bonchev–Trinajstić information content (AvgIpc) is 2.97. The molecule has 10 nitrogen and oxygen atoms in total. The number of nitrogens with zero attached hydrogens (tertiary/aromatic N) is 7. The van der Waals surface area contributed by atoms with E-state index in [-0.39, 0.29) is 11.9 Å². The zero-order valence-corrected chi connectivity index (χ0v) is 23.1. The lowest BCUT2D eigenvalue weighted by Gasteiger charge is -2.41. The first-order valence-corrected chi connectivity index (χ1v) is 13.8. The van der Waals surface area contributed by atoms with Crippen molar-refractivity contribution in [3.63, 3.8) is 0 Å². The highest BCUT2D eigenvalue weighted by Gasteiger charge is 2.28. The molecule has 1 amide bonds. The van der Waals surface area contributed by atoms with Gasteiger partial charge in [0.15, 0.2) is 5.82 Å². The largest absolute Gasteiger partial charge is 0.379 e. The zero-order chi connectivity index (χ0) is 27.2. The molecule has 0 unspecified atom stereocenters. The number of carbonyl (C=O) groups is 1. The molecular weight excluding hydrogens is 492 g/mol. The van der Waals surface area contributed by atoms with Crippen molar-refractivity contribution in [2.75, 3.05) is 68.8 Å². The molecule has 5 rings (SSSR count). The van der Waals surface area contributed by atoms with Gasteiger partial charge in [0.25, 0.3) is 5.91 Å². The molecule has 10 heteroatoms. The van der Waals surface area contributed by atoms with Crippen LogP contribution in [-0.4, -0.2) is 96.0 Å². The monoisotopic (exact) mass is 530 g/mol. The molecule has 0 aliphatic carbocycles. The fourth-order valence-electron chi connectivity index (χ4n) is 5.22. The number of hydrogen-bond acceptors (Lipinski definition) is 9. The summed E-state index contributed by atoms with van der Waals surface area (Å²) in [5.74, 6) is 1.54. The highest BCUT2D eigenvalue weighted by atomic mass is 16.5. The van der Waals surface area contributed by atoms with Crippen LogP contribution >= 0.6 is 0 Å². The van der Waals surface area contributed by atoms with Crippen LogP contribution in [0, 0.1) is 13.8 Å². The number of benzene rings is 1. The quantitative estimate of drug-likeness (QED) is 0.470. The predicted octanol–water partition coefficient (Wildman–Crippen LogP) is 2.25. The maximum Gasteiger partial charge on any atom is 0.271 e. The van der Waals surface area contributed by atoms with Crippen LogP contribution in [0.4, 0.5) is 11.6 Å². The van der Waals surface area contributed by atoms with Crippen molar-refractivity contribution < 1.29 is 9.53 Å². The van der Waals surface area contributed by atoms with Crippen LogP contribution in [0.5, 0.6) is 0 Å². The molecule has 2 saturated heterocycles. The second kappa shape index (κ2) is 12.5. The van der Waals surface area contributed by atoms with Crippen molar-refractivity contribution in [3.8, 4) is 0 Å². The average molecular weight is 531 g/mol. The first-order valence-electron chi connectivity index (χ1n) is 13.8. The van der Waals surface area contributed by atoms with Crippen molar-refractivity contribution in [3.05, 3.63) is 70.8 Å². The molecular formula is C29H38N8O2. The fourth-order valence-corrected chi connectivity index (χ4v) is 5.22. The minimum absolute atomic E-state index is 0.194. The van der Waals surface area contributed by atoms with E-state index in [0.29, 0.717) is 12.2 Å². The molecule has 1 atom stereocenters. The molecule has 0 bridgehead atoms. The number of carbonyl (C=O) groups excluding carboxylic acids is 1. The molecule has 4 heterocycles. The van der Waals surface area contributed by atoms with E-state index in [1.165, 1.54) is 16.7 Å². The van der Waals surface area contributed by atoms with E-state index < -0.39 is 0 Å². The van der Waals surface area contributed by atoms with Gasteiger partial charge in [0.1, 0.15) is 11.5 Å². The van der Waals surface area contributed by atoms with Crippen molar-refractivity contribution in [2.45, 2.75) is 33.2 Å². The molecule has 3 aromatic rings. The number of hydrogen-bond donors (Lipinski definition) is 1. The number of amides is 1. The Morgan fingerprint density at radius 1 is 1.00 bits per heavy atom. The summed E-state index contributed by atoms with van der Waals surface area (Å²) >= 11 is 0. The van der Waals surface area contributed by atoms with Crippen LogP contribution in [0.1, 0.15) is 39.8 Å². The number of rotatable bonds is 8. The minimum Gasteiger partial charge on any atom is -0.379 e. The fraction of sp³-hybridized carbons (Fsp3) is 0.483. The van der Waals surface area contributed by atoms with E-state index >= 15 is 0 Å². The maximum atomic E-state index is 12.5. The molecule has 39 heavy (non-hydrogen) atoms. The molecule has 1 aromatic carbocycles. The smallest absolute Gasteiger partial charge is 0.271 e. The van der Waals surface area contributed by atoms with Crippen molar-refractivity contribution in [2.24, 2.45) is 0 Å². The topological polar surface area (TPSA) is 99.6 Å². The van der Waals surface area contributed by atoms with Gasteiger partial charge in [0, 0.05) is 58.3 Å². The van der Waals surface area contributed by atoms with E-state index in [9.17, 15) is 4.79 Å². The zero-order valence-electron chi connectivity index (χ0n) is 23.1. The summed E-state index contributed by atoms with van der Waals surface area (Å²) in [7, 11) is 0. The first-order chi connectivity index (χ1) is 19.0. The van der Waals surface area contributed by atoms with Gasteiger partial charge < -0.3 is 19.9 Å². The van der Waals surface area contributed by atoms with Gasteiger partial charge in [-0.1, -0.05) is 30.3 Å². The molecule has 2 aliphatic rings. The Hall–Kier alpha value is -3.63. The predicted molar refractivity (Wildman–Crippen MR) is 151 cm³/mol. The number of aromatic nitrogens is 4. The number of nitrogens with one attached hydrogen (secondary N) is 1. The molecule has 0 spiro atoms. The van der Waals surface area contributed by atoms with E-state index in [4.69, 9.17) is 4.74 Å². The van der Waals surface area contributed by atoms with Crippen molar-refractivity contribution in [1.82, 2.24) is 30.4 Å². The van der Waals surface area contributed by atoms with Gasteiger partial charge in [-0.25, -0.2) is 9.97 Å². The van der Waals surface area contributed by atoms with E-state index in [0.717, 1.165) is 76.2 Å². The Morgan fingerprint density at radius 3 is 2.51 bits per heavy atom. The number of anilines is 2. The lowest BCUT2D eigenvalue weighted by Crippen LogP contribution is -2.53. The van der Waals surface area contributed by atoms with Crippen molar-refractivity contribution >= 4 is 17.5 Å². The van der Waals surface area contributed by atoms with Gasteiger partial charge in [-0.15, -0.1) is 5.10 Å². The summed E-state index contributed by atoms with van der Waals surface area (Å²) in [5, 5.41) is 12.2. The Bertz CT molecular complexity index is 1250. The number of ether oxygens (including phenoxy) is 1. The summed E-state index contributed by atoms with van der Waals surface area (Å²) in [5.41, 5.74) is 4.98. The van der Waals surface area contributed by atoms with Gasteiger partial charge in [0.2, 0.25) is 0 Å². The van der Waals surface area contributed by atoms with Gasteiger partial charge in [-0.2, -0.15) is 5.10 Å². The van der Waals surface area contributed by atoms with Crippen LogP contribution in [0.15, 0.2) is 42.7 Å². The normalized spacial score (nSPS) is 18.3. The Morgan fingerprint density at radius 2 is 1.79 bits per heavy atom. The standard InChI is InChI=1S/C29H38N8O2/c1-21-20-36(28-23(3)22(2)25(33-34-28)17-24-7-5-4-6-8-24)11-12-37(21)27-19-31-26(18-32-27)29(38)30-9-10-35-13-15-39-16-14-35/h4-8,18-19,21H,9-17,20H2,1-3H3,(H,30,38)/t21-/m1/s1. The summed E-state index contributed by atoms with van der Waals surface area (Å²) in [6.45, 7) is 13.6. The minimum atomic E-state index is -0.194. The molecule has 2 aromatic heterocycles. The third-order valence-electron chi connectivity index (χ3n) is 7.72. The molecule has 206 valence electrons. The third-order valence-corrected chi connectivity index (χ3v) is 7.72. The van der Waals surface area contributed by atoms with Crippen molar-refractivity contribution in [1.29, 1.82) is 0 Å². The van der Waals surface area contributed by atoms with E-state index in [1.807, 2.05) is 6.07 Å². The van der Waals surface area contributed by atoms with Gasteiger partial charge in [-0.3, -0.25) is 9.69 Å². The van der Waals surface area contributed by atoms with E-state index in [2.05, 4.69) is 85.2 Å². The summed E-state index contributed by atoms with van der Waals surface area (Å²) in [6.07, 6.45) is 4.06. The van der Waals surface area contributed by atoms with Gasteiger partial charge in [0.05, 0.1) is 31.3 Å². The Balaban J connectivity index is 1.16. The molecule has 2 fully saturated rings. The molecule has 2 aliphatic heterocycles. The van der Waals surface area contributed by atoms with Gasteiger partial charge in [-0.05, 0) is 37.5 Å². The van der Waals surface area contributed by atoms with E-state index in [1.54, 1.807) is 12.4 Å². The summed E-state index contributed by atoms with van der Waals surface area (Å²) in [4.78, 5) is 28.4. The number of morpholine rings is 1. The third kappa shape index (κ3) is 6.51. The van der Waals surface area contributed by atoms with Crippen LogP contribution in [0.2, 0.25) is 0 Å². The van der Waals surface area contributed by atoms with Crippen LogP contribution in [0.3, 0.4) is 0 Å². The summed E-state index contributed by atoms with van der Waals surface area (Å²) in [6, 6.07) is 10.6. The maximum absolute atomic E-state index is 12.5. The molecule has 0 saturated carbocycles. The second-order valence-electron chi connectivity index (χ2n) is 10.3. The Labute approximate surface area is 230 Å². The molecule has 0 radical (unpaired) electrons. The summed E-state index contributed by atoms with van der Waals surface area (Å²) < 4.78 is 5.37. The highest BCUT2D eigenvalue weighted by Crippen LogP contribution is 2.26.